The summed E-state index contributed by atoms with van der Waals surface area (Å²) in [5, 5.41) is 3.60. The standard InChI is InChI=1S/C21H24ClN3O2/c22-18-9-4-5-10-19(18)24-13-15-25(16-14-24)20(26)11-6-12-23-21(27)17-7-2-1-3-8-17/h1-5,7-10H,6,11-16H2,(H,23,27). The van der Waals surface area contributed by atoms with Gasteiger partial charge in [0.1, 0.15) is 0 Å². The average molecular weight is 386 g/mol. The van der Waals surface area contributed by atoms with Crippen LogP contribution in [0.3, 0.4) is 0 Å². The Morgan fingerprint density at radius 3 is 2.30 bits per heavy atom. The first-order chi connectivity index (χ1) is 13.1. The molecule has 1 aliphatic heterocycles. The molecule has 0 bridgehead atoms. The summed E-state index contributed by atoms with van der Waals surface area (Å²) in [6, 6.07) is 16.9. The van der Waals surface area contributed by atoms with Crippen molar-refractivity contribution in [3.63, 3.8) is 0 Å². The molecule has 2 aromatic carbocycles. The van der Waals surface area contributed by atoms with Crippen LogP contribution in [0.1, 0.15) is 23.2 Å². The number of amides is 2. The smallest absolute Gasteiger partial charge is 0.251 e. The molecule has 142 valence electrons. The monoisotopic (exact) mass is 385 g/mol. The third kappa shape index (κ3) is 5.23. The zero-order valence-corrected chi connectivity index (χ0v) is 16.0. The van der Waals surface area contributed by atoms with Crippen LogP contribution < -0.4 is 10.2 Å². The Balaban J connectivity index is 1.37. The van der Waals surface area contributed by atoms with Crippen LogP contribution in [0.25, 0.3) is 0 Å². The van der Waals surface area contributed by atoms with Gasteiger partial charge in [-0.05, 0) is 30.7 Å². The van der Waals surface area contributed by atoms with Crippen LogP contribution in [0.4, 0.5) is 5.69 Å². The molecular formula is C21H24ClN3O2. The van der Waals surface area contributed by atoms with Crippen LogP contribution in [0.2, 0.25) is 5.02 Å². The first-order valence-electron chi connectivity index (χ1n) is 9.25. The van der Waals surface area contributed by atoms with Crippen LogP contribution in [0, 0.1) is 0 Å². The Bertz CT molecular complexity index is 774. The number of carbonyl (C=O) groups is 2. The van der Waals surface area contributed by atoms with Crippen molar-refractivity contribution in [2.45, 2.75) is 12.8 Å². The Kier molecular flexibility index (Phi) is 6.71. The molecule has 5 nitrogen and oxygen atoms in total. The number of piperazine rings is 1. The molecule has 27 heavy (non-hydrogen) atoms. The highest BCUT2D eigenvalue weighted by molar-refractivity contribution is 6.33. The van der Waals surface area contributed by atoms with Gasteiger partial charge in [-0.25, -0.2) is 0 Å². The number of nitrogens with one attached hydrogen (secondary N) is 1. The van der Waals surface area contributed by atoms with Crippen LogP contribution in [0.15, 0.2) is 54.6 Å². The van der Waals surface area contributed by atoms with E-state index in [1.807, 2.05) is 47.4 Å². The minimum Gasteiger partial charge on any atom is -0.367 e. The summed E-state index contributed by atoms with van der Waals surface area (Å²) in [7, 11) is 0. The molecular weight excluding hydrogens is 362 g/mol. The maximum absolute atomic E-state index is 12.4. The normalized spacial score (nSPS) is 14.1. The van der Waals surface area contributed by atoms with Gasteiger partial charge in [-0.3, -0.25) is 9.59 Å². The molecule has 0 aliphatic carbocycles. The van der Waals surface area contributed by atoms with E-state index in [9.17, 15) is 9.59 Å². The second-order valence-corrected chi connectivity index (χ2v) is 6.95. The topological polar surface area (TPSA) is 52.7 Å². The summed E-state index contributed by atoms with van der Waals surface area (Å²) < 4.78 is 0. The molecule has 1 fully saturated rings. The van der Waals surface area contributed by atoms with Gasteiger partial charge >= 0.3 is 0 Å². The van der Waals surface area contributed by atoms with Gasteiger partial charge in [-0.1, -0.05) is 41.9 Å². The molecule has 0 spiro atoms. The summed E-state index contributed by atoms with van der Waals surface area (Å²) in [5.41, 5.74) is 1.66. The minimum absolute atomic E-state index is 0.101. The number of para-hydroxylation sites is 1. The van der Waals surface area contributed by atoms with Gasteiger partial charge in [0.2, 0.25) is 5.91 Å². The van der Waals surface area contributed by atoms with Crippen molar-refractivity contribution in [3.05, 3.63) is 65.2 Å². The van der Waals surface area contributed by atoms with Gasteiger partial charge in [0, 0.05) is 44.7 Å². The van der Waals surface area contributed by atoms with Crippen LogP contribution in [0.5, 0.6) is 0 Å². The summed E-state index contributed by atoms with van der Waals surface area (Å²) in [6.07, 6.45) is 1.09. The highest BCUT2D eigenvalue weighted by atomic mass is 35.5. The van der Waals surface area contributed by atoms with E-state index in [1.165, 1.54) is 0 Å². The number of halogens is 1. The largest absolute Gasteiger partial charge is 0.367 e. The molecule has 0 unspecified atom stereocenters. The highest BCUT2D eigenvalue weighted by Gasteiger charge is 2.21. The predicted molar refractivity (Wildman–Crippen MR) is 108 cm³/mol. The SMILES string of the molecule is O=C(NCCCC(=O)N1CCN(c2ccccc2Cl)CC1)c1ccccc1. The summed E-state index contributed by atoms with van der Waals surface area (Å²) in [6.45, 7) is 3.44. The lowest BCUT2D eigenvalue weighted by molar-refractivity contribution is -0.131. The van der Waals surface area contributed by atoms with E-state index in [0.29, 0.717) is 38.0 Å². The molecule has 3 rings (SSSR count). The third-order valence-corrected chi connectivity index (χ3v) is 5.03. The highest BCUT2D eigenvalue weighted by Crippen LogP contribution is 2.26. The first kappa shape index (κ1) is 19.2. The number of nitrogens with zero attached hydrogens (tertiary/aromatic N) is 2. The van der Waals surface area contributed by atoms with Crippen LogP contribution >= 0.6 is 11.6 Å². The molecule has 0 radical (unpaired) electrons. The van der Waals surface area contributed by atoms with Gasteiger partial charge in [-0.2, -0.15) is 0 Å². The van der Waals surface area contributed by atoms with Crippen molar-refractivity contribution in [1.29, 1.82) is 0 Å². The zero-order chi connectivity index (χ0) is 19.1. The Morgan fingerprint density at radius 1 is 0.926 bits per heavy atom. The van der Waals surface area contributed by atoms with Crippen molar-refractivity contribution in [2.75, 3.05) is 37.6 Å². The molecule has 1 N–H and O–H groups in total. The average Bonchev–Trinajstić information content (AvgIpc) is 2.72. The minimum atomic E-state index is -0.101. The first-order valence-corrected chi connectivity index (χ1v) is 9.63. The Labute approximate surface area is 164 Å². The van der Waals surface area contributed by atoms with Crippen molar-refractivity contribution in [1.82, 2.24) is 10.2 Å². The second kappa shape index (κ2) is 9.42. The molecule has 1 aliphatic rings. The Hall–Kier alpha value is -2.53. The second-order valence-electron chi connectivity index (χ2n) is 6.54. The lowest BCUT2D eigenvalue weighted by atomic mass is 10.2. The summed E-state index contributed by atoms with van der Waals surface area (Å²) in [4.78, 5) is 28.5. The van der Waals surface area contributed by atoms with E-state index in [4.69, 9.17) is 11.6 Å². The van der Waals surface area contributed by atoms with Crippen LogP contribution in [-0.2, 0) is 4.79 Å². The van der Waals surface area contributed by atoms with E-state index in [-0.39, 0.29) is 11.8 Å². The Morgan fingerprint density at radius 2 is 1.59 bits per heavy atom. The number of hydrogen-bond donors (Lipinski definition) is 1. The predicted octanol–water partition coefficient (Wildman–Crippen LogP) is 3.20. The zero-order valence-electron chi connectivity index (χ0n) is 15.2. The lowest BCUT2D eigenvalue weighted by Gasteiger charge is -2.36. The maximum atomic E-state index is 12.4. The molecule has 0 atom stereocenters. The van der Waals surface area contributed by atoms with Crippen molar-refractivity contribution >= 4 is 29.1 Å². The molecule has 0 saturated carbocycles. The fourth-order valence-corrected chi connectivity index (χ4v) is 3.45. The van der Waals surface area contributed by atoms with E-state index in [1.54, 1.807) is 12.1 Å². The molecule has 1 saturated heterocycles. The van der Waals surface area contributed by atoms with Gasteiger partial charge in [0.25, 0.3) is 5.91 Å². The van der Waals surface area contributed by atoms with E-state index < -0.39 is 0 Å². The summed E-state index contributed by atoms with van der Waals surface area (Å²) >= 11 is 6.25. The van der Waals surface area contributed by atoms with E-state index in [2.05, 4.69) is 10.2 Å². The summed E-state index contributed by atoms with van der Waals surface area (Å²) in [5.74, 6) is 0.0409. The van der Waals surface area contributed by atoms with Gasteiger partial charge in [0.05, 0.1) is 10.7 Å². The van der Waals surface area contributed by atoms with E-state index >= 15 is 0 Å². The molecule has 1 heterocycles. The molecule has 2 amide bonds. The maximum Gasteiger partial charge on any atom is 0.251 e. The number of benzene rings is 2. The number of rotatable bonds is 6. The van der Waals surface area contributed by atoms with Crippen molar-refractivity contribution in [3.8, 4) is 0 Å². The number of anilines is 1. The quantitative estimate of drug-likeness (QED) is 0.777. The van der Waals surface area contributed by atoms with Crippen molar-refractivity contribution in [2.24, 2.45) is 0 Å². The number of hydrogen-bond acceptors (Lipinski definition) is 3. The van der Waals surface area contributed by atoms with Gasteiger partial charge in [-0.15, -0.1) is 0 Å². The third-order valence-electron chi connectivity index (χ3n) is 4.71. The fraction of sp³-hybridized carbons (Fsp3) is 0.333. The number of carbonyl (C=O) groups excluding carboxylic acids is 2. The molecule has 0 aromatic heterocycles. The fourth-order valence-electron chi connectivity index (χ4n) is 3.20. The molecule has 2 aromatic rings. The lowest BCUT2D eigenvalue weighted by Crippen LogP contribution is -2.49. The van der Waals surface area contributed by atoms with E-state index in [0.717, 1.165) is 23.8 Å². The van der Waals surface area contributed by atoms with Gasteiger partial charge in [0.15, 0.2) is 0 Å². The molecule has 6 heteroatoms. The van der Waals surface area contributed by atoms with Gasteiger partial charge < -0.3 is 15.1 Å². The van der Waals surface area contributed by atoms with Crippen molar-refractivity contribution < 1.29 is 9.59 Å². The van der Waals surface area contributed by atoms with Crippen LogP contribution in [-0.4, -0.2) is 49.4 Å².